The van der Waals surface area contributed by atoms with E-state index in [1.807, 2.05) is 39.0 Å². The number of rotatable bonds is 7. The number of furan rings is 1. The Kier molecular flexibility index (Phi) is 5.69. The fourth-order valence-electron chi connectivity index (χ4n) is 2.62. The average Bonchev–Trinajstić information content (AvgIpc) is 2.83. The molecule has 23 heavy (non-hydrogen) atoms. The first-order chi connectivity index (χ1) is 10.9. The number of amides is 1. The summed E-state index contributed by atoms with van der Waals surface area (Å²) in [7, 11) is 0. The summed E-state index contributed by atoms with van der Waals surface area (Å²) >= 11 is 0. The molecule has 1 aromatic carbocycles. The first-order valence-corrected chi connectivity index (χ1v) is 8.39. The molecule has 1 heterocycles. The molecule has 0 saturated heterocycles. The molecule has 1 aromatic heterocycles. The van der Waals surface area contributed by atoms with Gasteiger partial charge in [0.25, 0.3) is 5.91 Å². The quantitative estimate of drug-likeness (QED) is 0.805. The Hall–Kier alpha value is -1.97. The first-order valence-electron chi connectivity index (χ1n) is 8.39. The molecule has 0 unspecified atom stereocenters. The summed E-state index contributed by atoms with van der Waals surface area (Å²) < 4.78 is 11.3. The van der Waals surface area contributed by atoms with Crippen molar-refractivity contribution in [2.24, 2.45) is 5.92 Å². The third-order valence-corrected chi connectivity index (χ3v) is 3.98. The van der Waals surface area contributed by atoms with Crippen LogP contribution < -0.4 is 10.1 Å². The van der Waals surface area contributed by atoms with Gasteiger partial charge >= 0.3 is 0 Å². The molecule has 0 aliphatic rings. The van der Waals surface area contributed by atoms with Crippen molar-refractivity contribution in [1.82, 2.24) is 5.32 Å². The maximum Gasteiger partial charge on any atom is 0.287 e. The van der Waals surface area contributed by atoms with Crippen molar-refractivity contribution in [3.63, 3.8) is 0 Å². The summed E-state index contributed by atoms with van der Waals surface area (Å²) in [6.45, 7) is 10.9. The number of aryl methyl sites for hydroxylation is 1. The molecule has 0 saturated carbocycles. The van der Waals surface area contributed by atoms with Crippen molar-refractivity contribution in [1.29, 1.82) is 0 Å². The van der Waals surface area contributed by atoms with Gasteiger partial charge in [-0.1, -0.05) is 13.8 Å². The Morgan fingerprint density at radius 2 is 2.00 bits per heavy atom. The van der Waals surface area contributed by atoms with Crippen LogP contribution in [0.5, 0.6) is 5.75 Å². The number of fused-ring (bicyclic) bond motifs is 1. The minimum absolute atomic E-state index is 0.136. The van der Waals surface area contributed by atoms with Gasteiger partial charge in [0.05, 0.1) is 6.61 Å². The van der Waals surface area contributed by atoms with Crippen molar-refractivity contribution >= 4 is 16.9 Å². The van der Waals surface area contributed by atoms with Gasteiger partial charge in [0.15, 0.2) is 5.76 Å². The minimum atomic E-state index is -0.145. The van der Waals surface area contributed by atoms with Crippen LogP contribution in [0.25, 0.3) is 11.0 Å². The second kappa shape index (κ2) is 7.53. The van der Waals surface area contributed by atoms with Gasteiger partial charge in [-0.2, -0.15) is 0 Å². The Bertz CT molecular complexity index is 673. The summed E-state index contributed by atoms with van der Waals surface area (Å²) in [5.74, 6) is 1.68. The lowest BCUT2D eigenvalue weighted by Gasteiger charge is -2.14. The van der Waals surface area contributed by atoms with Gasteiger partial charge in [-0.05, 0) is 57.7 Å². The smallest absolute Gasteiger partial charge is 0.287 e. The van der Waals surface area contributed by atoms with Crippen molar-refractivity contribution in [3.8, 4) is 5.75 Å². The molecule has 1 atom stereocenters. The van der Waals surface area contributed by atoms with Gasteiger partial charge in [0, 0.05) is 17.0 Å². The van der Waals surface area contributed by atoms with E-state index >= 15 is 0 Å². The number of carbonyl (C=O) groups is 1. The molecule has 1 N–H and O–H groups in total. The van der Waals surface area contributed by atoms with Crippen molar-refractivity contribution < 1.29 is 13.9 Å². The number of carbonyl (C=O) groups excluding carboxylic acids is 1. The number of ether oxygens (including phenoxy) is 1. The molecular weight excluding hydrogens is 290 g/mol. The van der Waals surface area contributed by atoms with E-state index in [0.29, 0.717) is 23.9 Å². The Balaban J connectivity index is 2.15. The van der Waals surface area contributed by atoms with Crippen LogP contribution in [-0.2, 0) is 0 Å². The van der Waals surface area contributed by atoms with Crippen LogP contribution in [0.15, 0.2) is 22.6 Å². The largest absolute Gasteiger partial charge is 0.494 e. The zero-order valence-electron chi connectivity index (χ0n) is 14.7. The molecule has 0 aliphatic carbocycles. The molecule has 2 rings (SSSR count). The molecule has 0 spiro atoms. The highest BCUT2D eigenvalue weighted by Crippen LogP contribution is 2.29. The summed E-state index contributed by atoms with van der Waals surface area (Å²) in [4.78, 5) is 12.5. The van der Waals surface area contributed by atoms with E-state index in [-0.39, 0.29) is 11.9 Å². The van der Waals surface area contributed by atoms with Crippen LogP contribution in [0.4, 0.5) is 0 Å². The van der Waals surface area contributed by atoms with Gasteiger partial charge in [-0.15, -0.1) is 0 Å². The topological polar surface area (TPSA) is 51.5 Å². The standard InChI is InChI=1S/C19H27NO3/c1-6-22-15-9-10-17-16(11-15)14(5)18(23-17)19(21)20-13(4)8-7-12(2)3/h9-13H,6-8H2,1-5H3,(H,20,21)/t13-/m0/s1. The molecule has 0 fully saturated rings. The van der Waals surface area contributed by atoms with Crippen LogP contribution in [0.1, 0.15) is 56.7 Å². The van der Waals surface area contributed by atoms with Crippen LogP contribution in [0.3, 0.4) is 0 Å². The minimum Gasteiger partial charge on any atom is -0.494 e. The molecule has 4 nitrogen and oxygen atoms in total. The molecule has 2 aromatic rings. The van der Waals surface area contributed by atoms with Crippen molar-refractivity contribution in [2.45, 2.75) is 53.5 Å². The Morgan fingerprint density at radius 1 is 1.26 bits per heavy atom. The van der Waals surface area contributed by atoms with Gasteiger partial charge in [0.1, 0.15) is 11.3 Å². The third-order valence-electron chi connectivity index (χ3n) is 3.98. The average molecular weight is 317 g/mol. The summed E-state index contributed by atoms with van der Waals surface area (Å²) in [5.41, 5.74) is 1.57. The number of nitrogens with one attached hydrogen (secondary N) is 1. The van der Waals surface area contributed by atoms with E-state index in [1.165, 1.54) is 0 Å². The second-order valence-corrected chi connectivity index (χ2v) is 6.49. The normalized spacial score (nSPS) is 12.6. The molecule has 126 valence electrons. The van der Waals surface area contributed by atoms with Crippen LogP contribution in [0.2, 0.25) is 0 Å². The zero-order chi connectivity index (χ0) is 17.0. The zero-order valence-corrected chi connectivity index (χ0v) is 14.7. The molecule has 0 bridgehead atoms. The summed E-state index contributed by atoms with van der Waals surface area (Å²) in [5, 5.41) is 3.96. The van der Waals surface area contributed by atoms with Gasteiger partial charge < -0.3 is 14.5 Å². The van der Waals surface area contributed by atoms with Crippen LogP contribution in [0, 0.1) is 12.8 Å². The maximum absolute atomic E-state index is 12.5. The van der Waals surface area contributed by atoms with Crippen molar-refractivity contribution in [2.75, 3.05) is 6.61 Å². The van der Waals surface area contributed by atoms with E-state index in [9.17, 15) is 4.79 Å². The summed E-state index contributed by atoms with van der Waals surface area (Å²) in [6, 6.07) is 5.78. The maximum atomic E-state index is 12.5. The van der Waals surface area contributed by atoms with E-state index in [4.69, 9.17) is 9.15 Å². The fourth-order valence-corrected chi connectivity index (χ4v) is 2.62. The number of benzene rings is 1. The highest BCUT2D eigenvalue weighted by molar-refractivity contribution is 5.99. The Labute approximate surface area is 138 Å². The molecule has 4 heteroatoms. The van der Waals surface area contributed by atoms with Gasteiger partial charge in [-0.3, -0.25) is 4.79 Å². The lowest BCUT2D eigenvalue weighted by Crippen LogP contribution is -2.32. The monoisotopic (exact) mass is 317 g/mol. The van der Waals surface area contributed by atoms with Gasteiger partial charge in [0.2, 0.25) is 0 Å². The lowest BCUT2D eigenvalue weighted by molar-refractivity contribution is 0.0910. The molecular formula is C19H27NO3. The van der Waals surface area contributed by atoms with E-state index in [0.717, 1.165) is 29.5 Å². The number of hydrogen-bond acceptors (Lipinski definition) is 3. The van der Waals surface area contributed by atoms with E-state index < -0.39 is 0 Å². The highest BCUT2D eigenvalue weighted by atomic mass is 16.5. The second-order valence-electron chi connectivity index (χ2n) is 6.49. The fraction of sp³-hybridized carbons (Fsp3) is 0.526. The lowest BCUT2D eigenvalue weighted by atomic mass is 10.0. The molecule has 1 amide bonds. The SMILES string of the molecule is CCOc1ccc2oc(C(=O)N[C@@H](C)CCC(C)C)c(C)c2c1. The van der Waals surface area contributed by atoms with Crippen LogP contribution in [-0.4, -0.2) is 18.6 Å². The highest BCUT2D eigenvalue weighted by Gasteiger charge is 2.19. The molecule has 0 aliphatic heterocycles. The Morgan fingerprint density at radius 3 is 2.65 bits per heavy atom. The number of hydrogen-bond donors (Lipinski definition) is 1. The van der Waals surface area contributed by atoms with Crippen LogP contribution >= 0.6 is 0 Å². The van der Waals surface area contributed by atoms with E-state index in [1.54, 1.807) is 0 Å². The predicted octanol–water partition coefficient (Wildman–Crippen LogP) is 4.69. The molecule has 0 radical (unpaired) electrons. The van der Waals surface area contributed by atoms with Gasteiger partial charge in [-0.25, -0.2) is 0 Å². The van der Waals surface area contributed by atoms with Crippen molar-refractivity contribution in [3.05, 3.63) is 29.5 Å². The predicted molar refractivity (Wildman–Crippen MR) is 93.1 cm³/mol. The third kappa shape index (κ3) is 4.27. The van der Waals surface area contributed by atoms with E-state index in [2.05, 4.69) is 19.2 Å². The summed E-state index contributed by atoms with van der Waals surface area (Å²) in [6.07, 6.45) is 2.06. The first kappa shape index (κ1) is 17.4.